The summed E-state index contributed by atoms with van der Waals surface area (Å²) in [5.74, 6) is -1.97. The molecule has 4 aliphatic heterocycles. The van der Waals surface area contributed by atoms with Crippen LogP contribution in [0.2, 0.25) is 0 Å². The molecule has 4 fully saturated rings. The van der Waals surface area contributed by atoms with Gasteiger partial charge in [-0.05, 0) is 43.7 Å². The molecule has 6 rings (SSSR count). The van der Waals surface area contributed by atoms with Gasteiger partial charge in [-0.2, -0.15) is 0 Å². The molecule has 0 unspecified atom stereocenters. The second kappa shape index (κ2) is 11.8. The van der Waals surface area contributed by atoms with Gasteiger partial charge in [0.1, 0.15) is 11.6 Å². The number of nitrogens with zero attached hydrogens (tertiary/aromatic N) is 2. The van der Waals surface area contributed by atoms with Gasteiger partial charge in [0, 0.05) is 42.8 Å². The molecule has 2 N–H and O–H groups in total. The van der Waals surface area contributed by atoms with Gasteiger partial charge in [-0.3, -0.25) is 19.3 Å². The van der Waals surface area contributed by atoms with Crippen molar-refractivity contribution in [2.75, 3.05) is 51.0 Å². The Morgan fingerprint density at radius 2 is 1.90 bits per heavy atom. The number of benzene rings is 1. The molecule has 1 saturated carbocycles. The molecular weight excluding hydrogens is 528 g/mol. The van der Waals surface area contributed by atoms with Gasteiger partial charge >= 0.3 is 0 Å². The SMILES string of the molecule is CSc1cccc(NC(=O)[C@@H]2[C@@H]3C=C[C@]4(O3)[C@@H]2C(=O)N(CCCN2CCOCC2)[C@@H]4C(=O)NC2CCCCC2)c1. The number of morpholine rings is 1. The molecule has 3 saturated heterocycles. The van der Waals surface area contributed by atoms with Crippen LogP contribution in [-0.4, -0.2) is 97.0 Å². The van der Waals surface area contributed by atoms with Crippen LogP contribution < -0.4 is 10.6 Å². The van der Waals surface area contributed by atoms with Gasteiger partial charge in [-0.1, -0.05) is 37.5 Å². The molecule has 0 radical (unpaired) electrons. The molecule has 3 amide bonds. The van der Waals surface area contributed by atoms with Crippen molar-refractivity contribution in [1.82, 2.24) is 15.1 Å². The van der Waals surface area contributed by atoms with Crippen molar-refractivity contribution in [2.24, 2.45) is 11.8 Å². The van der Waals surface area contributed by atoms with E-state index in [0.717, 1.165) is 69.8 Å². The number of carbonyl (C=O) groups is 3. The molecule has 10 heteroatoms. The predicted molar refractivity (Wildman–Crippen MR) is 153 cm³/mol. The third-order valence-corrected chi connectivity index (χ3v) is 9.92. The van der Waals surface area contributed by atoms with Crippen LogP contribution in [0.5, 0.6) is 0 Å². The lowest BCUT2D eigenvalue weighted by Crippen LogP contribution is -2.56. The van der Waals surface area contributed by atoms with E-state index >= 15 is 0 Å². The number of rotatable bonds is 9. The molecule has 0 aromatic heterocycles. The quantitative estimate of drug-likeness (QED) is 0.349. The van der Waals surface area contributed by atoms with Crippen molar-refractivity contribution >= 4 is 35.2 Å². The van der Waals surface area contributed by atoms with E-state index in [2.05, 4.69) is 15.5 Å². The zero-order valence-electron chi connectivity index (χ0n) is 23.2. The van der Waals surface area contributed by atoms with Gasteiger partial charge in [-0.25, -0.2) is 0 Å². The minimum atomic E-state index is -1.12. The lowest BCUT2D eigenvalue weighted by atomic mass is 9.74. The van der Waals surface area contributed by atoms with E-state index in [1.165, 1.54) is 6.42 Å². The van der Waals surface area contributed by atoms with E-state index in [9.17, 15) is 14.4 Å². The average molecular weight is 569 g/mol. The van der Waals surface area contributed by atoms with Gasteiger partial charge in [-0.15, -0.1) is 11.8 Å². The summed E-state index contributed by atoms with van der Waals surface area (Å²) in [7, 11) is 0. The summed E-state index contributed by atoms with van der Waals surface area (Å²) in [5.41, 5.74) is -0.431. The Hall–Kier alpha value is -2.40. The van der Waals surface area contributed by atoms with Crippen molar-refractivity contribution in [2.45, 2.75) is 67.2 Å². The zero-order chi connectivity index (χ0) is 27.7. The molecule has 1 aromatic rings. The van der Waals surface area contributed by atoms with Crippen molar-refractivity contribution in [3.8, 4) is 0 Å². The Morgan fingerprint density at radius 1 is 1.10 bits per heavy atom. The average Bonchev–Trinajstić information content (AvgIpc) is 3.61. The number of anilines is 1. The van der Waals surface area contributed by atoms with Gasteiger partial charge in [0.05, 0.1) is 31.2 Å². The first-order valence-electron chi connectivity index (χ1n) is 14.7. The Morgan fingerprint density at radius 3 is 2.67 bits per heavy atom. The van der Waals surface area contributed by atoms with Crippen LogP contribution >= 0.6 is 11.8 Å². The summed E-state index contributed by atoms with van der Waals surface area (Å²) < 4.78 is 12.0. The smallest absolute Gasteiger partial charge is 0.246 e. The lowest BCUT2D eigenvalue weighted by Gasteiger charge is -2.34. The number of hydrogen-bond acceptors (Lipinski definition) is 7. The highest BCUT2D eigenvalue weighted by atomic mass is 32.2. The first-order valence-corrected chi connectivity index (χ1v) is 16.0. The normalized spacial score (nSPS) is 31.9. The molecule has 1 aromatic carbocycles. The fourth-order valence-corrected chi connectivity index (χ4v) is 7.71. The second-order valence-corrected chi connectivity index (χ2v) is 12.5. The molecule has 5 aliphatic rings. The highest BCUT2D eigenvalue weighted by Crippen LogP contribution is 2.55. The molecule has 1 aliphatic carbocycles. The zero-order valence-corrected chi connectivity index (χ0v) is 24.0. The summed E-state index contributed by atoms with van der Waals surface area (Å²) in [6.07, 6.45) is 11.3. The maximum absolute atomic E-state index is 14.1. The van der Waals surface area contributed by atoms with Crippen molar-refractivity contribution in [1.29, 1.82) is 0 Å². The van der Waals surface area contributed by atoms with Gasteiger partial charge in [0.2, 0.25) is 17.7 Å². The molecule has 4 heterocycles. The number of thioether (sulfide) groups is 1. The number of likely N-dealkylation sites (tertiary alicyclic amines) is 1. The van der Waals surface area contributed by atoms with Crippen LogP contribution in [0.3, 0.4) is 0 Å². The highest BCUT2D eigenvalue weighted by Gasteiger charge is 2.72. The summed E-state index contributed by atoms with van der Waals surface area (Å²) in [4.78, 5) is 46.9. The number of hydrogen-bond donors (Lipinski definition) is 2. The number of amides is 3. The topological polar surface area (TPSA) is 100 Å². The summed E-state index contributed by atoms with van der Waals surface area (Å²) in [5, 5.41) is 6.29. The van der Waals surface area contributed by atoms with Crippen molar-refractivity contribution in [3.63, 3.8) is 0 Å². The Bertz CT molecular complexity index is 1150. The fraction of sp³-hybridized carbons (Fsp3) is 0.633. The highest BCUT2D eigenvalue weighted by molar-refractivity contribution is 7.98. The maximum atomic E-state index is 14.1. The molecular formula is C30H40N4O5S. The van der Waals surface area contributed by atoms with E-state index < -0.39 is 29.6 Å². The molecule has 2 bridgehead atoms. The van der Waals surface area contributed by atoms with Crippen molar-refractivity contribution < 1.29 is 23.9 Å². The molecule has 1 spiro atoms. The molecule has 5 atom stereocenters. The van der Waals surface area contributed by atoms with Crippen molar-refractivity contribution in [3.05, 3.63) is 36.4 Å². The Labute approximate surface area is 240 Å². The number of ether oxygens (including phenoxy) is 2. The number of fused-ring (bicyclic) bond motifs is 1. The predicted octanol–water partition coefficient (Wildman–Crippen LogP) is 2.67. The minimum Gasteiger partial charge on any atom is -0.379 e. The summed E-state index contributed by atoms with van der Waals surface area (Å²) in [6.45, 7) is 4.47. The third-order valence-electron chi connectivity index (χ3n) is 9.19. The Kier molecular flexibility index (Phi) is 8.21. The molecule has 9 nitrogen and oxygen atoms in total. The summed E-state index contributed by atoms with van der Waals surface area (Å²) in [6, 6.07) is 7.01. The second-order valence-electron chi connectivity index (χ2n) is 11.6. The van der Waals surface area contributed by atoms with Crippen LogP contribution in [0, 0.1) is 11.8 Å². The molecule has 216 valence electrons. The maximum Gasteiger partial charge on any atom is 0.246 e. The van der Waals surface area contributed by atoms with E-state index in [0.29, 0.717) is 12.2 Å². The van der Waals surface area contributed by atoms with Crippen LogP contribution in [-0.2, 0) is 23.9 Å². The van der Waals surface area contributed by atoms with Crippen LogP contribution in [0.15, 0.2) is 41.3 Å². The van der Waals surface area contributed by atoms with E-state index in [1.54, 1.807) is 16.7 Å². The Balaban J connectivity index is 1.23. The standard InChI is InChI=1S/C30H40N4O5S/c1-40-22-10-5-9-21(19-22)32-27(35)24-23-11-12-30(39-23)25(24)29(37)34(14-6-13-33-15-17-38-18-16-33)26(30)28(36)31-20-7-3-2-4-8-20/h5,9-12,19-20,23-26H,2-4,6-8,13-18H2,1H3,(H,31,36)(H,32,35)/t23-,24+,25-,26+,30-/m0/s1. The fourth-order valence-electron chi connectivity index (χ4n) is 7.25. The van der Waals surface area contributed by atoms with Gasteiger partial charge < -0.3 is 25.0 Å². The number of carbonyl (C=O) groups excluding carboxylic acids is 3. The third kappa shape index (κ3) is 5.19. The first kappa shape index (κ1) is 27.8. The van der Waals surface area contributed by atoms with E-state index in [-0.39, 0.29) is 23.8 Å². The summed E-state index contributed by atoms with van der Waals surface area (Å²) >= 11 is 1.60. The minimum absolute atomic E-state index is 0.118. The van der Waals surface area contributed by atoms with Gasteiger partial charge in [0.25, 0.3) is 0 Å². The van der Waals surface area contributed by atoms with E-state index in [1.807, 2.05) is 42.7 Å². The van der Waals surface area contributed by atoms with Crippen LogP contribution in [0.25, 0.3) is 0 Å². The van der Waals surface area contributed by atoms with Gasteiger partial charge in [0.15, 0.2) is 0 Å². The monoisotopic (exact) mass is 568 g/mol. The van der Waals surface area contributed by atoms with Crippen LogP contribution in [0.4, 0.5) is 5.69 Å². The first-order chi connectivity index (χ1) is 19.5. The largest absolute Gasteiger partial charge is 0.379 e. The molecule has 40 heavy (non-hydrogen) atoms. The lowest BCUT2D eigenvalue weighted by molar-refractivity contribution is -0.141. The van der Waals surface area contributed by atoms with E-state index in [4.69, 9.17) is 9.47 Å². The van der Waals surface area contributed by atoms with Crippen LogP contribution in [0.1, 0.15) is 38.5 Å². The number of nitrogens with one attached hydrogen (secondary N) is 2.